The minimum absolute atomic E-state index is 0.231. The lowest BCUT2D eigenvalue weighted by molar-refractivity contribution is -0.137. The van der Waals surface area contributed by atoms with Crippen molar-refractivity contribution < 1.29 is 18.8 Å². The molecule has 0 aromatic carbocycles. The molecule has 0 aliphatic carbocycles. The lowest BCUT2D eigenvalue weighted by atomic mass is 10.1. The van der Waals surface area contributed by atoms with Crippen molar-refractivity contribution in [3.8, 4) is 0 Å². The Balaban J connectivity index is 4.88. The van der Waals surface area contributed by atoms with Gasteiger partial charge in [0.05, 0.1) is 0 Å². The zero-order chi connectivity index (χ0) is 51.4. The minimum atomic E-state index is -1.46. The molecule has 0 fully saturated rings. The second-order valence-corrected chi connectivity index (χ2v) is 22.1. The quantitative estimate of drug-likeness (QED) is 0.0570. The molecule has 0 spiro atoms. The Bertz CT molecular complexity index is 1010. The zero-order valence-corrected chi connectivity index (χ0v) is 48.2. The first-order valence-corrected chi connectivity index (χ1v) is 31.3. The predicted octanol–water partition coefficient (Wildman–Crippen LogP) is 18.0. The molecule has 0 aliphatic heterocycles. The summed E-state index contributed by atoms with van der Waals surface area (Å²) in [5.41, 5.74) is 0. The van der Waals surface area contributed by atoms with E-state index in [0.29, 0.717) is 44.3 Å². The molecule has 0 radical (unpaired) electrons. The van der Waals surface area contributed by atoms with Gasteiger partial charge < -0.3 is 19.6 Å². The van der Waals surface area contributed by atoms with Crippen molar-refractivity contribution in [1.82, 2.24) is 19.6 Å². The van der Waals surface area contributed by atoms with Crippen molar-refractivity contribution in [1.29, 1.82) is 0 Å². The fraction of sp³-hybridized carbons (Fsp3) is 0.952. The van der Waals surface area contributed by atoms with Crippen LogP contribution in [0.25, 0.3) is 0 Å². The summed E-state index contributed by atoms with van der Waals surface area (Å²) in [4.78, 5) is 48.4. The number of hydrogen-bond donors (Lipinski definition) is 0. The molecule has 0 saturated heterocycles. The Kier molecular flexibility index (Phi) is 52.3. The molecule has 0 bridgehead atoms. The number of alkyl halides is 1. The maximum Gasteiger partial charge on any atom is 0.257 e. The fourth-order valence-electron chi connectivity index (χ4n) is 10.0. The van der Waals surface area contributed by atoms with Crippen LogP contribution in [0.3, 0.4) is 0 Å². The summed E-state index contributed by atoms with van der Waals surface area (Å²) >= 11 is 0. The molecule has 1 atom stereocenters. The van der Waals surface area contributed by atoms with E-state index in [-0.39, 0.29) is 12.3 Å². The van der Waals surface area contributed by atoms with Crippen LogP contribution in [0.2, 0.25) is 0 Å². The van der Waals surface area contributed by atoms with Gasteiger partial charge in [-0.15, -0.1) is 0 Å². The SMILES string of the molecule is CCCCCCCCCCN(CCCCCCCCCC)C(=O)CCCCCCCN(CCCCCCCC(=O)N(CCCCCCCCCC)CCCCCCCCCC)C(=O)C(F)CCN(C)C. The fourth-order valence-corrected chi connectivity index (χ4v) is 10.0. The van der Waals surface area contributed by atoms with Gasteiger partial charge in [0.25, 0.3) is 5.91 Å². The van der Waals surface area contributed by atoms with Gasteiger partial charge in [-0.2, -0.15) is 0 Å². The van der Waals surface area contributed by atoms with Gasteiger partial charge in [-0.25, -0.2) is 4.39 Å². The number of carbonyl (C=O) groups is 3. The standard InChI is InChI=1S/C62H123FN4O3/c1-7-11-15-19-23-27-35-43-52-65(53-44-36-28-24-20-16-12-8-2)60(68)49-41-33-31-39-47-56-67(62(70)59(63)51-58-64(5)6)57-48-40-32-34-42-50-61(69)66(54-45-37-29-25-21-17-13-9-3)55-46-38-30-26-22-18-14-10-4/h59H,7-58H2,1-6H3. The van der Waals surface area contributed by atoms with E-state index in [1.165, 1.54) is 180 Å². The smallest absolute Gasteiger partial charge is 0.257 e. The third kappa shape index (κ3) is 45.0. The summed E-state index contributed by atoms with van der Waals surface area (Å²) in [6, 6.07) is 0. The highest BCUT2D eigenvalue weighted by atomic mass is 19.1. The van der Waals surface area contributed by atoms with E-state index in [0.717, 1.165) is 116 Å². The molecule has 7 nitrogen and oxygen atoms in total. The summed E-state index contributed by atoms with van der Waals surface area (Å²) in [7, 11) is 3.85. The van der Waals surface area contributed by atoms with Crippen LogP contribution in [0.1, 0.15) is 317 Å². The molecule has 0 aromatic rings. The van der Waals surface area contributed by atoms with Crippen LogP contribution >= 0.6 is 0 Å². The average Bonchev–Trinajstić information content (AvgIpc) is 3.35. The highest BCUT2D eigenvalue weighted by molar-refractivity contribution is 5.80. The van der Waals surface area contributed by atoms with Gasteiger partial charge >= 0.3 is 0 Å². The van der Waals surface area contributed by atoms with Gasteiger partial charge in [0, 0.05) is 65.1 Å². The Hall–Kier alpha value is -1.70. The second-order valence-electron chi connectivity index (χ2n) is 22.1. The van der Waals surface area contributed by atoms with E-state index in [1.54, 1.807) is 4.90 Å². The second kappa shape index (κ2) is 53.6. The molecular weight excluding hydrogens is 868 g/mol. The molecule has 1 unspecified atom stereocenters. The Morgan fingerprint density at radius 3 is 0.757 bits per heavy atom. The monoisotopic (exact) mass is 991 g/mol. The van der Waals surface area contributed by atoms with E-state index < -0.39 is 6.17 Å². The molecule has 8 heteroatoms. The van der Waals surface area contributed by atoms with Gasteiger partial charge in [-0.3, -0.25) is 14.4 Å². The Morgan fingerprint density at radius 1 is 0.300 bits per heavy atom. The summed E-state index contributed by atoms with van der Waals surface area (Å²) in [6.45, 7) is 14.5. The van der Waals surface area contributed by atoms with Gasteiger partial charge in [0.2, 0.25) is 11.8 Å². The normalized spacial score (nSPS) is 12.0. The Labute approximate surface area is 437 Å². The topological polar surface area (TPSA) is 64.2 Å². The molecule has 0 heterocycles. The molecule has 3 amide bonds. The number of halogens is 1. The molecule has 416 valence electrons. The number of hydrogen-bond acceptors (Lipinski definition) is 4. The molecule has 0 aromatic heterocycles. The highest BCUT2D eigenvalue weighted by Gasteiger charge is 2.23. The molecule has 0 N–H and O–H groups in total. The molecule has 0 rings (SSSR count). The number of carbonyl (C=O) groups excluding carboxylic acids is 3. The van der Waals surface area contributed by atoms with Crippen LogP contribution in [0.5, 0.6) is 0 Å². The van der Waals surface area contributed by atoms with E-state index in [2.05, 4.69) is 37.5 Å². The molecule has 70 heavy (non-hydrogen) atoms. The van der Waals surface area contributed by atoms with Crippen molar-refractivity contribution >= 4 is 17.7 Å². The molecular formula is C62H123FN4O3. The highest BCUT2D eigenvalue weighted by Crippen LogP contribution is 2.18. The zero-order valence-electron chi connectivity index (χ0n) is 48.2. The number of unbranched alkanes of at least 4 members (excludes halogenated alkanes) is 36. The van der Waals surface area contributed by atoms with Gasteiger partial charge in [0.1, 0.15) is 0 Å². The Morgan fingerprint density at radius 2 is 0.514 bits per heavy atom. The van der Waals surface area contributed by atoms with E-state index in [4.69, 9.17) is 0 Å². The first-order valence-electron chi connectivity index (χ1n) is 31.3. The van der Waals surface area contributed by atoms with Crippen molar-refractivity contribution in [3.63, 3.8) is 0 Å². The lowest BCUT2D eigenvalue weighted by Crippen LogP contribution is -2.39. The minimum Gasteiger partial charge on any atom is -0.343 e. The summed E-state index contributed by atoms with van der Waals surface area (Å²) < 4.78 is 15.2. The average molecular weight is 992 g/mol. The predicted molar refractivity (Wildman–Crippen MR) is 304 cm³/mol. The summed E-state index contributed by atoms with van der Waals surface area (Å²) in [6.07, 6.45) is 51.0. The van der Waals surface area contributed by atoms with Crippen LogP contribution in [-0.2, 0) is 14.4 Å². The van der Waals surface area contributed by atoms with Gasteiger partial charge in [-0.05, 0) is 65.5 Å². The van der Waals surface area contributed by atoms with Gasteiger partial charge in [0.15, 0.2) is 6.17 Å². The number of rotatable bonds is 56. The number of nitrogens with zero attached hydrogens (tertiary/aromatic N) is 4. The van der Waals surface area contributed by atoms with Crippen LogP contribution in [0.4, 0.5) is 4.39 Å². The van der Waals surface area contributed by atoms with Crippen LogP contribution in [0.15, 0.2) is 0 Å². The number of amides is 3. The van der Waals surface area contributed by atoms with Crippen molar-refractivity contribution in [3.05, 3.63) is 0 Å². The first kappa shape index (κ1) is 68.3. The maximum atomic E-state index is 15.2. The van der Waals surface area contributed by atoms with Crippen LogP contribution < -0.4 is 0 Å². The summed E-state index contributed by atoms with van der Waals surface area (Å²) in [5.74, 6) is 0.330. The first-order chi connectivity index (χ1) is 34.2. The lowest BCUT2D eigenvalue weighted by Gasteiger charge is -2.25. The van der Waals surface area contributed by atoms with E-state index >= 15 is 4.39 Å². The van der Waals surface area contributed by atoms with E-state index in [1.807, 2.05) is 19.0 Å². The molecule has 0 aliphatic rings. The van der Waals surface area contributed by atoms with E-state index in [9.17, 15) is 14.4 Å². The molecule has 0 saturated carbocycles. The van der Waals surface area contributed by atoms with Crippen LogP contribution in [-0.4, -0.2) is 103 Å². The third-order valence-electron chi connectivity index (χ3n) is 14.9. The van der Waals surface area contributed by atoms with Gasteiger partial charge in [-0.1, -0.05) is 246 Å². The van der Waals surface area contributed by atoms with Crippen molar-refractivity contribution in [2.45, 2.75) is 323 Å². The maximum absolute atomic E-state index is 15.2. The van der Waals surface area contributed by atoms with Crippen molar-refractivity contribution in [2.75, 3.05) is 59.9 Å². The summed E-state index contributed by atoms with van der Waals surface area (Å²) in [5, 5.41) is 0. The third-order valence-corrected chi connectivity index (χ3v) is 14.9. The van der Waals surface area contributed by atoms with Crippen molar-refractivity contribution in [2.24, 2.45) is 0 Å². The largest absolute Gasteiger partial charge is 0.343 e. The van der Waals surface area contributed by atoms with Crippen LogP contribution in [0, 0.1) is 0 Å².